The van der Waals surface area contributed by atoms with E-state index in [4.69, 9.17) is 0 Å². The average molecular weight is 209 g/mol. The fraction of sp³-hybridized carbons (Fsp3) is 0.800. The van der Waals surface area contributed by atoms with Crippen LogP contribution in [0.15, 0.2) is 0 Å². The number of nitrogens with one attached hydrogen (secondary N) is 1. The van der Waals surface area contributed by atoms with E-state index in [0.717, 1.165) is 31.3 Å². The van der Waals surface area contributed by atoms with Gasteiger partial charge in [-0.2, -0.15) is 0 Å². The highest BCUT2D eigenvalue weighted by molar-refractivity contribution is 4.93. The lowest BCUT2D eigenvalue weighted by atomic mass is 10.2. The average Bonchev–Trinajstić information content (AvgIpc) is 2.83. The molecule has 1 fully saturated rings. The number of hydrogen-bond acceptors (Lipinski definition) is 4. The molecule has 1 N–H and O–H groups in total. The molecule has 0 unspecified atom stereocenters. The Morgan fingerprint density at radius 2 is 2.33 bits per heavy atom. The van der Waals surface area contributed by atoms with Crippen LogP contribution in [-0.4, -0.2) is 45.8 Å². The first kappa shape index (κ1) is 10.6. The van der Waals surface area contributed by atoms with Gasteiger partial charge in [-0.3, -0.25) is 4.90 Å². The molecule has 0 aromatic carbocycles. The highest BCUT2D eigenvalue weighted by atomic mass is 15.3. The fourth-order valence-electron chi connectivity index (χ4n) is 1.96. The van der Waals surface area contributed by atoms with E-state index in [1.165, 1.54) is 6.42 Å². The normalized spacial score (nSPS) is 21.5. The Balaban J connectivity index is 1.98. The third-order valence-electron chi connectivity index (χ3n) is 3.23. The first-order valence-electron chi connectivity index (χ1n) is 5.44. The molecule has 0 amide bonds. The maximum absolute atomic E-state index is 4.18. The molecule has 0 radical (unpaired) electrons. The number of likely N-dealkylation sites (N-methyl/N-ethyl adjacent to an activating group) is 1. The fourth-order valence-corrected chi connectivity index (χ4v) is 1.96. The summed E-state index contributed by atoms with van der Waals surface area (Å²) in [5.74, 6) is 2.02. The topological polar surface area (TPSA) is 46.0 Å². The van der Waals surface area contributed by atoms with Crippen molar-refractivity contribution >= 4 is 0 Å². The van der Waals surface area contributed by atoms with Crippen molar-refractivity contribution in [3.8, 4) is 0 Å². The predicted molar refractivity (Wildman–Crippen MR) is 58.5 cm³/mol. The molecule has 1 atom stereocenters. The molecule has 1 aromatic rings. The van der Waals surface area contributed by atoms with Gasteiger partial charge in [0.2, 0.25) is 0 Å². The van der Waals surface area contributed by atoms with E-state index in [9.17, 15) is 0 Å². The standard InChI is InChI=1S/C10H19N5/c1-8-12-13-10(15(8)3)7-14(2)9-4-5-11-6-9/h9,11H,4-7H2,1-3H3/t9-/m1/s1. The summed E-state index contributed by atoms with van der Waals surface area (Å²) in [6, 6.07) is 0.641. The molecular weight excluding hydrogens is 190 g/mol. The zero-order valence-electron chi connectivity index (χ0n) is 9.69. The SMILES string of the molecule is Cc1nnc(CN(C)[C@@H]2CCNC2)n1C. The lowest BCUT2D eigenvalue weighted by Crippen LogP contribution is -2.33. The summed E-state index contributed by atoms with van der Waals surface area (Å²) >= 11 is 0. The number of nitrogens with zero attached hydrogens (tertiary/aromatic N) is 4. The molecule has 2 rings (SSSR count). The van der Waals surface area contributed by atoms with Gasteiger partial charge in [0.05, 0.1) is 6.54 Å². The van der Waals surface area contributed by atoms with Crippen molar-refractivity contribution in [1.29, 1.82) is 0 Å². The maximum Gasteiger partial charge on any atom is 0.146 e. The van der Waals surface area contributed by atoms with Gasteiger partial charge in [0.25, 0.3) is 0 Å². The van der Waals surface area contributed by atoms with Gasteiger partial charge in [0.1, 0.15) is 11.6 Å². The maximum atomic E-state index is 4.18. The summed E-state index contributed by atoms with van der Waals surface area (Å²) in [6.45, 7) is 5.08. The highest BCUT2D eigenvalue weighted by Crippen LogP contribution is 2.09. The van der Waals surface area contributed by atoms with Crippen LogP contribution >= 0.6 is 0 Å². The Hall–Kier alpha value is -0.940. The van der Waals surface area contributed by atoms with Crippen molar-refractivity contribution in [3.05, 3.63) is 11.6 Å². The summed E-state index contributed by atoms with van der Waals surface area (Å²) in [6.07, 6.45) is 1.23. The first-order chi connectivity index (χ1) is 7.18. The van der Waals surface area contributed by atoms with Crippen LogP contribution in [0.1, 0.15) is 18.1 Å². The molecule has 5 heteroatoms. The summed E-state index contributed by atoms with van der Waals surface area (Å²) in [5.41, 5.74) is 0. The lowest BCUT2D eigenvalue weighted by molar-refractivity contribution is 0.240. The van der Waals surface area contributed by atoms with Crippen LogP contribution in [0.5, 0.6) is 0 Å². The first-order valence-corrected chi connectivity index (χ1v) is 5.44. The zero-order valence-corrected chi connectivity index (χ0v) is 9.69. The second-order valence-corrected chi connectivity index (χ2v) is 4.28. The molecule has 15 heavy (non-hydrogen) atoms. The van der Waals surface area contributed by atoms with Gasteiger partial charge < -0.3 is 9.88 Å². The van der Waals surface area contributed by atoms with Crippen LogP contribution < -0.4 is 5.32 Å². The van der Waals surface area contributed by atoms with Crippen LogP contribution in [0.3, 0.4) is 0 Å². The molecule has 0 spiro atoms. The summed E-state index contributed by atoms with van der Waals surface area (Å²) in [5, 5.41) is 11.6. The molecule has 2 heterocycles. The third kappa shape index (κ3) is 2.18. The monoisotopic (exact) mass is 209 g/mol. The number of aryl methyl sites for hydroxylation is 1. The van der Waals surface area contributed by atoms with E-state index in [0.29, 0.717) is 6.04 Å². The van der Waals surface area contributed by atoms with Crippen molar-refractivity contribution in [3.63, 3.8) is 0 Å². The molecule has 84 valence electrons. The second-order valence-electron chi connectivity index (χ2n) is 4.28. The molecule has 1 aliphatic rings. The predicted octanol–water partition coefficient (Wildman–Crippen LogP) is -0.0828. The number of hydrogen-bond donors (Lipinski definition) is 1. The zero-order chi connectivity index (χ0) is 10.8. The van der Waals surface area contributed by atoms with Crippen LogP contribution in [0.25, 0.3) is 0 Å². The second kappa shape index (κ2) is 4.28. The molecule has 1 aromatic heterocycles. The van der Waals surface area contributed by atoms with Crippen molar-refractivity contribution in [2.75, 3.05) is 20.1 Å². The van der Waals surface area contributed by atoms with Crippen LogP contribution in [0.2, 0.25) is 0 Å². The Morgan fingerprint density at radius 1 is 1.53 bits per heavy atom. The van der Waals surface area contributed by atoms with Gasteiger partial charge >= 0.3 is 0 Å². The van der Waals surface area contributed by atoms with Gasteiger partial charge in [0.15, 0.2) is 0 Å². The smallest absolute Gasteiger partial charge is 0.146 e. The van der Waals surface area contributed by atoms with Gasteiger partial charge in [-0.05, 0) is 26.9 Å². The Bertz CT molecular complexity index is 327. The van der Waals surface area contributed by atoms with Crippen LogP contribution in [0.4, 0.5) is 0 Å². The van der Waals surface area contributed by atoms with Gasteiger partial charge in [0, 0.05) is 19.6 Å². The quantitative estimate of drug-likeness (QED) is 0.756. The van der Waals surface area contributed by atoms with E-state index in [2.05, 4.69) is 32.0 Å². The van der Waals surface area contributed by atoms with E-state index in [-0.39, 0.29) is 0 Å². The van der Waals surface area contributed by atoms with Crippen molar-refractivity contribution in [1.82, 2.24) is 25.0 Å². The molecule has 1 saturated heterocycles. The molecule has 5 nitrogen and oxygen atoms in total. The van der Waals surface area contributed by atoms with E-state index in [1.807, 2.05) is 14.0 Å². The van der Waals surface area contributed by atoms with Gasteiger partial charge in [-0.25, -0.2) is 0 Å². The van der Waals surface area contributed by atoms with Crippen molar-refractivity contribution in [2.45, 2.75) is 25.9 Å². The lowest BCUT2D eigenvalue weighted by Gasteiger charge is -2.22. The minimum atomic E-state index is 0.641. The molecule has 1 aliphatic heterocycles. The summed E-state index contributed by atoms with van der Waals surface area (Å²) in [7, 11) is 4.17. The third-order valence-corrected chi connectivity index (χ3v) is 3.23. The molecule has 0 aliphatic carbocycles. The Kier molecular flexibility index (Phi) is 3.02. The van der Waals surface area contributed by atoms with E-state index in [1.54, 1.807) is 0 Å². The van der Waals surface area contributed by atoms with Crippen molar-refractivity contribution < 1.29 is 0 Å². The van der Waals surface area contributed by atoms with Gasteiger partial charge in [-0.15, -0.1) is 10.2 Å². The summed E-state index contributed by atoms with van der Waals surface area (Å²) in [4.78, 5) is 2.35. The Morgan fingerprint density at radius 3 is 2.87 bits per heavy atom. The van der Waals surface area contributed by atoms with E-state index >= 15 is 0 Å². The Labute approximate surface area is 90.5 Å². The number of aromatic nitrogens is 3. The molecule has 0 bridgehead atoms. The highest BCUT2D eigenvalue weighted by Gasteiger charge is 2.20. The summed E-state index contributed by atoms with van der Waals surface area (Å²) < 4.78 is 2.05. The van der Waals surface area contributed by atoms with Crippen LogP contribution in [0, 0.1) is 6.92 Å². The van der Waals surface area contributed by atoms with Crippen molar-refractivity contribution in [2.24, 2.45) is 7.05 Å². The minimum absolute atomic E-state index is 0.641. The minimum Gasteiger partial charge on any atom is -0.317 e. The largest absolute Gasteiger partial charge is 0.317 e. The molecule has 0 saturated carbocycles. The van der Waals surface area contributed by atoms with E-state index < -0.39 is 0 Å². The van der Waals surface area contributed by atoms with Crippen LogP contribution in [-0.2, 0) is 13.6 Å². The van der Waals surface area contributed by atoms with Gasteiger partial charge in [-0.1, -0.05) is 0 Å². The molecular formula is C10H19N5. The number of rotatable bonds is 3.